The van der Waals surface area contributed by atoms with Gasteiger partial charge in [-0.3, -0.25) is 4.79 Å². The Labute approximate surface area is 108 Å². The number of hydrogen-bond acceptors (Lipinski definition) is 3. The third kappa shape index (κ3) is 4.13. The van der Waals surface area contributed by atoms with Gasteiger partial charge in [0.15, 0.2) is 0 Å². The molecule has 1 aromatic rings. The highest BCUT2D eigenvalue weighted by atomic mass is 16.5. The molecule has 3 N–H and O–H groups in total. The maximum Gasteiger partial charge on any atom is 0.225 e. The van der Waals surface area contributed by atoms with Crippen LogP contribution in [0.1, 0.15) is 25.8 Å². The Hall–Kier alpha value is -1.39. The summed E-state index contributed by atoms with van der Waals surface area (Å²) in [7, 11) is 0. The summed E-state index contributed by atoms with van der Waals surface area (Å²) in [5.74, 6) is -0.502. The molecule has 0 heterocycles. The maximum absolute atomic E-state index is 11.1. The monoisotopic (exact) mass is 251 g/mol. The van der Waals surface area contributed by atoms with Crippen LogP contribution in [0.25, 0.3) is 0 Å². The summed E-state index contributed by atoms with van der Waals surface area (Å²) >= 11 is 0. The smallest absolute Gasteiger partial charge is 0.225 e. The van der Waals surface area contributed by atoms with E-state index in [-0.39, 0.29) is 0 Å². The Morgan fingerprint density at radius 1 is 1.39 bits per heavy atom. The quantitative estimate of drug-likeness (QED) is 0.721. The number of amides is 1. The molecule has 1 rings (SSSR count). The van der Waals surface area contributed by atoms with Gasteiger partial charge in [-0.1, -0.05) is 30.3 Å². The average Bonchev–Trinajstić information content (AvgIpc) is 2.35. The largest absolute Gasteiger partial charge is 0.392 e. The summed E-state index contributed by atoms with van der Waals surface area (Å²) in [6.45, 7) is 4.17. The van der Waals surface area contributed by atoms with Gasteiger partial charge in [-0.05, 0) is 25.8 Å². The van der Waals surface area contributed by atoms with Gasteiger partial charge in [-0.25, -0.2) is 0 Å². The third-order valence-electron chi connectivity index (χ3n) is 3.12. The lowest BCUT2D eigenvalue weighted by molar-refractivity contribution is -0.132. The minimum absolute atomic E-state index is 0.392. The second-order valence-electron chi connectivity index (χ2n) is 4.93. The molecule has 0 saturated carbocycles. The van der Waals surface area contributed by atoms with Gasteiger partial charge in [0.1, 0.15) is 0 Å². The van der Waals surface area contributed by atoms with Gasteiger partial charge in [0.25, 0.3) is 0 Å². The SMILES string of the molecule is CC(C)(C(N)=O)[C@@H](O)CCOCc1ccccc1. The van der Waals surface area contributed by atoms with Crippen molar-refractivity contribution in [3.63, 3.8) is 0 Å². The first-order valence-corrected chi connectivity index (χ1v) is 6.04. The zero-order chi connectivity index (χ0) is 13.6. The normalized spacial score (nSPS) is 13.3. The van der Waals surface area contributed by atoms with E-state index in [9.17, 15) is 9.90 Å². The summed E-state index contributed by atoms with van der Waals surface area (Å²) in [4.78, 5) is 11.1. The zero-order valence-corrected chi connectivity index (χ0v) is 10.9. The van der Waals surface area contributed by atoms with Crippen molar-refractivity contribution >= 4 is 5.91 Å². The van der Waals surface area contributed by atoms with E-state index in [0.29, 0.717) is 19.6 Å². The molecule has 1 atom stereocenters. The number of primary amides is 1. The van der Waals surface area contributed by atoms with Crippen LogP contribution in [0.2, 0.25) is 0 Å². The fraction of sp³-hybridized carbons (Fsp3) is 0.500. The topological polar surface area (TPSA) is 72.6 Å². The molecule has 18 heavy (non-hydrogen) atoms. The molecular formula is C14H21NO3. The van der Waals surface area contributed by atoms with Crippen LogP contribution in [0.4, 0.5) is 0 Å². The number of hydrogen-bond donors (Lipinski definition) is 2. The lowest BCUT2D eigenvalue weighted by Crippen LogP contribution is -2.42. The van der Waals surface area contributed by atoms with Crippen LogP contribution in [0.3, 0.4) is 0 Å². The second-order valence-corrected chi connectivity index (χ2v) is 4.93. The van der Waals surface area contributed by atoms with Gasteiger partial charge in [0.05, 0.1) is 18.1 Å². The standard InChI is InChI=1S/C14H21NO3/c1-14(2,13(15)17)12(16)8-9-18-10-11-6-4-3-5-7-11/h3-7,12,16H,8-10H2,1-2H3,(H2,15,17)/t12-/m0/s1. The minimum atomic E-state index is -0.921. The highest BCUT2D eigenvalue weighted by molar-refractivity contribution is 5.80. The fourth-order valence-electron chi connectivity index (χ4n) is 1.48. The Kier molecular flexibility index (Phi) is 5.31. The molecule has 0 fully saturated rings. The van der Waals surface area contributed by atoms with E-state index in [0.717, 1.165) is 5.56 Å². The van der Waals surface area contributed by atoms with Gasteiger partial charge in [-0.15, -0.1) is 0 Å². The number of aliphatic hydroxyl groups is 1. The average molecular weight is 251 g/mol. The van der Waals surface area contributed by atoms with Crippen molar-refractivity contribution in [1.82, 2.24) is 0 Å². The van der Waals surface area contributed by atoms with E-state index < -0.39 is 17.4 Å². The van der Waals surface area contributed by atoms with Crippen molar-refractivity contribution in [1.29, 1.82) is 0 Å². The predicted molar refractivity (Wildman–Crippen MR) is 69.7 cm³/mol. The first kappa shape index (κ1) is 14.7. The van der Waals surface area contributed by atoms with Crippen LogP contribution in [-0.4, -0.2) is 23.7 Å². The first-order chi connectivity index (χ1) is 8.44. The van der Waals surface area contributed by atoms with Gasteiger partial charge in [0.2, 0.25) is 5.91 Å². The van der Waals surface area contributed by atoms with Crippen molar-refractivity contribution in [2.75, 3.05) is 6.61 Å². The van der Waals surface area contributed by atoms with Crippen molar-refractivity contribution in [2.24, 2.45) is 11.1 Å². The Morgan fingerprint density at radius 3 is 2.56 bits per heavy atom. The summed E-state index contributed by atoms with van der Waals surface area (Å²) in [6, 6.07) is 9.80. The van der Waals surface area contributed by atoms with E-state index in [1.54, 1.807) is 13.8 Å². The molecule has 0 aliphatic rings. The number of rotatable bonds is 7. The van der Waals surface area contributed by atoms with Crippen LogP contribution in [0.5, 0.6) is 0 Å². The van der Waals surface area contributed by atoms with Crippen LogP contribution < -0.4 is 5.73 Å². The summed E-state index contributed by atoms with van der Waals surface area (Å²) in [5, 5.41) is 9.86. The maximum atomic E-state index is 11.1. The predicted octanol–water partition coefficient (Wildman–Crippen LogP) is 1.47. The molecule has 0 aliphatic heterocycles. The summed E-state index contributed by atoms with van der Waals surface area (Å²) < 4.78 is 5.45. The third-order valence-corrected chi connectivity index (χ3v) is 3.12. The van der Waals surface area contributed by atoms with Crippen molar-refractivity contribution in [2.45, 2.75) is 33.0 Å². The molecule has 0 bridgehead atoms. The molecule has 0 unspecified atom stereocenters. The molecule has 4 heteroatoms. The fourth-order valence-corrected chi connectivity index (χ4v) is 1.48. The molecule has 4 nitrogen and oxygen atoms in total. The Bertz CT molecular complexity index is 376. The molecule has 0 aromatic heterocycles. The van der Waals surface area contributed by atoms with Crippen molar-refractivity contribution in [3.05, 3.63) is 35.9 Å². The molecule has 1 amide bonds. The molecule has 0 radical (unpaired) electrons. The van der Waals surface area contributed by atoms with Crippen LogP contribution in [0.15, 0.2) is 30.3 Å². The highest BCUT2D eigenvalue weighted by Gasteiger charge is 2.33. The van der Waals surface area contributed by atoms with E-state index in [1.807, 2.05) is 30.3 Å². The van der Waals surface area contributed by atoms with Crippen molar-refractivity contribution in [3.8, 4) is 0 Å². The minimum Gasteiger partial charge on any atom is -0.392 e. The highest BCUT2D eigenvalue weighted by Crippen LogP contribution is 2.22. The molecule has 1 aromatic carbocycles. The molecular weight excluding hydrogens is 230 g/mol. The van der Waals surface area contributed by atoms with Gasteiger partial charge in [0, 0.05) is 6.61 Å². The van der Waals surface area contributed by atoms with Gasteiger partial charge < -0.3 is 15.6 Å². The number of benzene rings is 1. The number of nitrogens with two attached hydrogens (primary N) is 1. The van der Waals surface area contributed by atoms with E-state index in [1.165, 1.54) is 0 Å². The van der Waals surface area contributed by atoms with Crippen LogP contribution in [0, 0.1) is 5.41 Å². The lowest BCUT2D eigenvalue weighted by atomic mass is 9.84. The number of carbonyl (C=O) groups is 1. The van der Waals surface area contributed by atoms with Gasteiger partial charge >= 0.3 is 0 Å². The lowest BCUT2D eigenvalue weighted by Gasteiger charge is -2.26. The molecule has 0 saturated heterocycles. The second kappa shape index (κ2) is 6.52. The number of carbonyl (C=O) groups excluding carboxylic acids is 1. The van der Waals surface area contributed by atoms with Gasteiger partial charge in [-0.2, -0.15) is 0 Å². The Balaban J connectivity index is 2.28. The molecule has 0 aliphatic carbocycles. The summed E-state index contributed by atoms with van der Waals surface area (Å²) in [6.07, 6.45) is -0.395. The first-order valence-electron chi connectivity index (χ1n) is 6.04. The van der Waals surface area contributed by atoms with Crippen molar-refractivity contribution < 1.29 is 14.6 Å². The van der Waals surface area contributed by atoms with E-state index in [2.05, 4.69) is 0 Å². The van der Waals surface area contributed by atoms with Crippen LogP contribution in [-0.2, 0) is 16.1 Å². The molecule has 100 valence electrons. The molecule has 0 spiro atoms. The number of aliphatic hydroxyl groups excluding tert-OH is 1. The zero-order valence-electron chi connectivity index (χ0n) is 10.9. The van der Waals surface area contributed by atoms with E-state index in [4.69, 9.17) is 10.5 Å². The summed E-state index contributed by atoms with van der Waals surface area (Å²) in [5.41, 5.74) is 5.39. The van der Waals surface area contributed by atoms with Crippen LogP contribution >= 0.6 is 0 Å². The van der Waals surface area contributed by atoms with E-state index >= 15 is 0 Å². The Morgan fingerprint density at radius 2 is 2.00 bits per heavy atom. The number of ether oxygens (including phenoxy) is 1.